The lowest BCUT2D eigenvalue weighted by Gasteiger charge is -2.19. The molecule has 15 heavy (non-hydrogen) atoms. The molecule has 0 fully saturated rings. The summed E-state index contributed by atoms with van der Waals surface area (Å²) in [5.41, 5.74) is 8.82. The molecule has 0 radical (unpaired) electrons. The molecule has 0 aromatic carbocycles. The van der Waals surface area contributed by atoms with Gasteiger partial charge in [0, 0.05) is 12.0 Å². The Labute approximate surface area is 91.2 Å². The van der Waals surface area contributed by atoms with E-state index in [4.69, 9.17) is 10.2 Å². The third kappa shape index (κ3) is 2.15. The molecule has 1 heterocycles. The highest BCUT2D eigenvalue weighted by Gasteiger charge is 2.18. The lowest BCUT2D eigenvalue weighted by molar-refractivity contribution is 0.507. The van der Waals surface area contributed by atoms with Gasteiger partial charge in [-0.05, 0) is 31.7 Å². The Bertz CT molecular complexity index is 351. The molecule has 0 aliphatic heterocycles. The van der Waals surface area contributed by atoms with E-state index in [9.17, 15) is 0 Å². The van der Waals surface area contributed by atoms with Gasteiger partial charge in [0.05, 0.1) is 12.3 Å². The molecule has 0 bridgehead atoms. The van der Waals surface area contributed by atoms with Crippen LogP contribution in [0.4, 0.5) is 0 Å². The second-order valence-corrected chi connectivity index (χ2v) is 4.16. The van der Waals surface area contributed by atoms with Gasteiger partial charge in [-0.2, -0.15) is 0 Å². The van der Waals surface area contributed by atoms with E-state index >= 15 is 0 Å². The van der Waals surface area contributed by atoms with Gasteiger partial charge in [-0.15, -0.1) is 0 Å². The molecule has 82 valence electrons. The maximum absolute atomic E-state index is 6.26. The van der Waals surface area contributed by atoms with Crippen molar-refractivity contribution in [1.29, 1.82) is 0 Å². The molecule has 1 aliphatic rings. The molecule has 2 rings (SSSR count). The molecule has 1 aliphatic carbocycles. The van der Waals surface area contributed by atoms with Crippen molar-refractivity contribution in [1.82, 2.24) is 0 Å². The first-order chi connectivity index (χ1) is 7.33. The molecule has 0 spiro atoms. The van der Waals surface area contributed by atoms with Crippen LogP contribution < -0.4 is 5.73 Å². The fraction of sp³-hybridized carbons (Fsp3) is 0.538. The van der Waals surface area contributed by atoms with E-state index in [2.05, 4.69) is 13.0 Å². The van der Waals surface area contributed by atoms with Gasteiger partial charge in [0.15, 0.2) is 0 Å². The molecule has 1 aromatic rings. The number of allylic oxidation sites excluding steroid dienone is 1. The summed E-state index contributed by atoms with van der Waals surface area (Å²) in [4.78, 5) is 0. The Hall–Kier alpha value is -1.02. The van der Waals surface area contributed by atoms with Gasteiger partial charge >= 0.3 is 0 Å². The Morgan fingerprint density at radius 3 is 3.00 bits per heavy atom. The van der Waals surface area contributed by atoms with Crippen molar-refractivity contribution in [3.63, 3.8) is 0 Å². The van der Waals surface area contributed by atoms with Crippen LogP contribution in [0.15, 0.2) is 28.4 Å². The normalized spacial score (nSPS) is 18.7. The number of nitrogens with two attached hydrogens (primary N) is 1. The summed E-state index contributed by atoms with van der Waals surface area (Å²) in [5.74, 6) is 1.04. The highest BCUT2D eigenvalue weighted by Crippen LogP contribution is 2.30. The molecular formula is C13H19NO. The van der Waals surface area contributed by atoms with E-state index < -0.39 is 0 Å². The fourth-order valence-corrected chi connectivity index (χ4v) is 2.26. The van der Waals surface area contributed by atoms with Crippen LogP contribution in [0.5, 0.6) is 0 Å². The average molecular weight is 205 g/mol. The van der Waals surface area contributed by atoms with Crippen LogP contribution in [-0.4, -0.2) is 0 Å². The molecule has 2 N–H and O–H groups in total. The molecule has 2 nitrogen and oxygen atoms in total. The fourth-order valence-electron chi connectivity index (χ4n) is 2.26. The summed E-state index contributed by atoms with van der Waals surface area (Å²) < 4.78 is 5.42. The average Bonchev–Trinajstić information content (AvgIpc) is 2.77. The number of hydrogen-bond acceptors (Lipinski definition) is 2. The summed E-state index contributed by atoms with van der Waals surface area (Å²) in [6.45, 7) is 2.10. The summed E-state index contributed by atoms with van der Waals surface area (Å²) >= 11 is 0. The van der Waals surface area contributed by atoms with Gasteiger partial charge in [0.1, 0.15) is 5.76 Å². The summed E-state index contributed by atoms with van der Waals surface area (Å²) in [6.07, 6.45) is 9.89. The Balaban J connectivity index is 2.19. The zero-order valence-corrected chi connectivity index (χ0v) is 9.33. The second kappa shape index (κ2) is 4.67. The Morgan fingerprint density at radius 2 is 2.33 bits per heavy atom. The SMILES string of the molecule is CCc1occc1C(N)C1=CCCCC1. The predicted molar refractivity (Wildman–Crippen MR) is 61.6 cm³/mol. The standard InChI is InChI=1S/C13H19NO/c1-2-12-11(8-9-15-12)13(14)10-6-4-3-5-7-10/h6,8-9,13H,2-5,7,14H2,1H3. The van der Waals surface area contributed by atoms with Crippen molar-refractivity contribution in [2.24, 2.45) is 5.73 Å². The number of aryl methyl sites for hydroxylation is 1. The molecule has 1 unspecified atom stereocenters. The Morgan fingerprint density at radius 1 is 1.47 bits per heavy atom. The maximum Gasteiger partial charge on any atom is 0.108 e. The van der Waals surface area contributed by atoms with Crippen LogP contribution in [0.1, 0.15) is 50.0 Å². The van der Waals surface area contributed by atoms with Crippen molar-refractivity contribution in [2.45, 2.75) is 45.1 Å². The molecule has 2 heteroatoms. The smallest absolute Gasteiger partial charge is 0.108 e. The first-order valence-corrected chi connectivity index (χ1v) is 5.83. The van der Waals surface area contributed by atoms with E-state index in [1.54, 1.807) is 6.26 Å². The quantitative estimate of drug-likeness (QED) is 0.769. The number of rotatable bonds is 3. The van der Waals surface area contributed by atoms with E-state index in [0.717, 1.165) is 18.6 Å². The van der Waals surface area contributed by atoms with E-state index in [-0.39, 0.29) is 6.04 Å². The summed E-state index contributed by atoms with van der Waals surface area (Å²) in [6, 6.07) is 2.07. The van der Waals surface area contributed by atoms with Gasteiger partial charge < -0.3 is 10.2 Å². The van der Waals surface area contributed by atoms with E-state index in [0.29, 0.717) is 0 Å². The van der Waals surface area contributed by atoms with Crippen molar-refractivity contribution in [3.8, 4) is 0 Å². The number of furan rings is 1. The first-order valence-electron chi connectivity index (χ1n) is 5.83. The van der Waals surface area contributed by atoms with Crippen molar-refractivity contribution < 1.29 is 4.42 Å². The lowest BCUT2D eigenvalue weighted by atomic mass is 9.90. The van der Waals surface area contributed by atoms with Gasteiger partial charge in [0.2, 0.25) is 0 Å². The Kier molecular flexibility index (Phi) is 3.27. The summed E-state index contributed by atoms with van der Waals surface area (Å²) in [7, 11) is 0. The van der Waals surface area contributed by atoms with Crippen LogP contribution >= 0.6 is 0 Å². The summed E-state index contributed by atoms with van der Waals surface area (Å²) in [5, 5.41) is 0. The topological polar surface area (TPSA) is 39.2 Å². The minimum Gasteiger partial charge on any atom is -0.469 e. The molecule has 1 aromatic heterocycles. The lowest BCUT2D eigenvalue weighted by Crippen LogP contribution is -2.15. The van der Waals surface area contributed by atoms with Crippen molar-refractivity contribution >= 4 is 0 Å². The van der Waals surface area contributed by atoms with E-state index in [1.807, 2.05) is 6.07 Å². The minimum absolute atomic E-state index is 0.0546. The second-order valence-electron chi connectivity index (χ2n) is 4.16. The predicted octanol–water partition coefficient (Wildman–Crippen LogP) is 3.34. The van der Waals surface area contributed by atoms with Crippen LogP contribution in [0, 0.1) is 0 Å². The van der Waals surface area contributed by atoms with E-state index in [1.165, 1.54) is 30.4 Å². The van der Waals surface area contributed by atoms with Crippen LogP contribution in [0.25, 0.3) is 0 Å². The van der Waals surface area contributed by atoms with Crippen molar-refractivity contribution in [2.75, 3.05) is 0 Å². The minimum atomic E-state index is 0.0546. The largest absolute Gasteiger partial charge is 0.469 e. The molecular weight excluding hydrogens is 186 g/mol. The van der Waals surface area contributed by atoms with Crippen LogP contribution in [0.2, 0.25) is 0 Å². The first kappa shape index (κ1) is 10.5. The van der Waals surface area contributed by atoms with Crippen LogP contribution in [-0.2, 0) is 6.42 Å². The maximum atomic E-state index is 6.26. The molecule has 0 saturated carbocycles. The van der Waals surface area contributed by atoms with Gasteiger partial charge in [-0.1, -0.05) is 18.6 Å². The van der Waals surface area contributed by atoms with Gasteiger partial charge in [-0.3, -0.25) is 0 Å². The van der Waals surface area contributed by atoms with Gasteiger partial charge in [0.25, 0.3) is 0 Å². The number of hydrogen-bond donors (Lipinski definition) is 1. The highest BCUT2D eigenvalue weighted by atomic mass is 16.3. The molecule has 1 atom stereocenters. The van der Waals surface area contributed by atoms with Crippen molar-refractivity contribution in [3.05, 3.63) is 35.3 Å². The third-order valence-corrected chi connectivity index (χ3v) is 3.16. The third-order valence-electron chi connectivity index (χ3n) is 3.16. The van der Waals surface area contributed by atoms with Crippen LogP contribution in [0.3, 0.4) is 0 Å². The zero-order valence-electron chi connectivity index (χ0n) is 9.33. The monoisotopic (exact) mass is 205 g/mol. The molecule has 0 amide bonds. The molecule has 0 saturated heterocycles. The zero-order chi connectivity index (χ0) is 10.7. The highest BCUT2D eigenvalue weighted by molar-refractivity contribution is 5.30. The van der Waals surface area contributed by atoms with Gasteiger partial charge in [-0.25, -0.2) is 0 Å².